The number of anilines is 1. The van der Waals surface area contributed by atoms with Gasteiger partial charge < -0.3 is 19.6 Å². The summed E-state index contributed by atoms with van der Waals surface area (Å²) in [5, 5.41) is 10.2. The summed E-state index contributed by atoms with van der Waals surface area (Å²) < 4.78 is 5.74. The van der Waals surface area contributed by atoms with Crippen LogP contribution < -0.4 is 4.90 Å². The lowest BCUT2D eigenvalue weighted by atomic mass is 9.92. The SMILES string of the molecule is CC(C)(C)OC(=O)N1c2ccccc2C[C@@H]1C(=O)N1C[C@@H](Cc2ccccc2)C[C@@H]1C(=O)N1Cc2ccccc2C[C@@H]1C(=O)O. The van der Waals surface area contributed by atoms with E-state index in [2.05, 4.69) is 0 Å². The summed E-state index contributed by atoms with van der Waals surface area (Å²) in [6.45, 7) is 5.82. The zero-order valence-electron chi connectivity index (χ0n) is 25.9. The molecule has 234 valence electrons. The summed E-state index contributed by atoms with van der Waals surface area (Å²) in [7, 11) is 0. The van der Waals surface area contributed by atoms with Crippen molar-refractivity contribution < 1.29 is 29.0 Å². The van der Waals surface area contributed by atoms with Gasteiger partial charge in [-0.15, -0.1) is 0 Å². The van der Waals surface area contributed by atoms with Gasteiger partial charge >= 0.3 is 12.1 Å². The second kappa shape index (κ2) is 12.0. The monoisotopic (exact) mass is 609 g/mol. The van der Waals surface area contributed by atoms with E-state index in [4.69, 9.17) is 4.74 Å². The molecule has 0 unspecified atom stereocenters. The number of carbonyl (C=O) groups is 4. The molecule has 3 aliphatic heterocycles. The van der Waals surface area contributed by atoms with Crippen molar-refractivity contribution in [3.63, 3.8) is 0 Å². The van der Waals surface area contributed by atoms with E-state index in [1.165, 1.54) is 9.80 Å². The van der Waals surface area contributed by atoms with Crippen molar-refractivity contribution in [3.8, 4) is 0 Å². The van der Waals surface area contributed by atoms with Gasteiger partial charge in [-0.05, 0) is 67.9 Å². The molecular weight excluding hydrogens is 570 g/mol. The van der Waals surface area contributed by atoms with Crippen LogP contribution in [0.4, 0.5) is 10.5 Å². The van der Waals surface area contributed by atoms with Crippen LogP contribution >= 0.6 is 0 Å². The molecule has 0 aromatic heterocycles. The first kappa shape index (κ1) is 30.4. The third-order valence-electron chi connectivity index (χ3n) is 8.99. The molecule has 0 bridgehead atoms. The lowest BCUT2D eigenvalue weighted by Crippen LogP contribution is -2.58. The third-order valence-corrected chi connectivity index (χ3v) is 8.99. The summed E-state index contributed by atoms with van der Waals surface area (Å²) in [5.74, 6) is -1.81. The Morgan fingerprint density at radius 2 is 1.36 bits per heavy atom. The number of fused-ring (bicyclic) bond motifs is 2. The lowest BCUT2D eigenvalue weighted by molar-refractivity contribution is -0.155. The Labute approximate surface area is 263 Å². The van der Waals surface area contributed by atoms with Crippen LogP contribution in [0.1, 0.15) is 49.4 Å². The third kappa shape index (κ3) is 6.16. The highest BCUT2D eigenvalue weighted by Crippen LogP contribution is 2.37. The molecule has 6 rings (SSSR count). The minimum Gasteiger partial charge on any atom is -0.480 e. The molecule has 9 heteroatoms. The van der Waals surface area contributed by atoms with E-state index < -0.39 is 35.8 Å². The van der Waals surface area contributed by atoms with E-state index in [1.54, 1.807) is 31.7 Å². The number of aliphatic carboxylic acids is 1. The summed E-state index contributed by atoms with van der Waals surface area (Å²) in [5.41, 5.74) is 3.61. The molecule has 0 saturated carbocycles. The van der Waals surface area contributed by atoms with Gasteiger partial charge in [0, 0.05) is 25.9 Å². The molecule has 4 atom stereocenters. The number of carboxylic acid groups (broad SMARTS) is 1. The van der Waals surface area contributed by atoms with Gasteiger partial charge in [-0.2, -0.15) is 0 Å². The van der Waals surface area contributed by atoms with Gasteiger partial charge in [0.15, 0.2) is 0 Å². The summed E-state index contributed by atoms with van der Waals surface area (Å²) in [6.07, 6.45) is 0.947. The Kier molecular flexibility index (Phi) is 8.12. The van der Waals surface area contributed by atoms with Crippen LogP contribution in [0, 0.1) is 5.92 Å². The van der Waals surface area contributed by atoms with Crippen LogP contribution in [0.2, 0.25) is 0 Å². The van der Waals surface area contributed by atoms with Crippen LogP contribution in [-0.4, -0.2) is 69.1 Å². The van der Waals surface area contributed by atoms with E-state index in [0.29, 0.717) is 31.5 Å². The molecule has 3 aliphatic rings. The number of likely N-dealkylation sites (tertiary alicyclic amines) is 1. The largest absolute Gasteiger partial charge is 0.480 e. The lowest BCUT2D eigenvalue weighted by Gasteiger charge is -2.38. The minimum atomic E-state index is -1.07. The van der Waals surface area contributed by atoms with Crippen molar-refractivity contribution >= 4 is 29.6 Å². The molecule has 3 heterocycles. The van der Waals surface area contributed by atoms with Gasteiger partial charge in [0.05, 0.1) is 5.69 Å². The van der Waals surface area contributed by atoms with E-state index in [-0.39, 0.29) is 30.7 Å². The average molecular weight is 610 g/mol. The minimum absolute atomic E-state index is 0.0237. The van der Waals surface area contributed by atoms with E-state index in [1.807, 2.05) is 72.8 Å². The standard InChI is InChI=1S/C36H39N3O6/c1-36(2,3)45-35(44)39-28-16-10-9-14-26(28)20-30(39)33(41)37-21-24(17-23-11-5-4-6-12-23)18-29(37)32(40)38-22-27-15-8-7-13-25(27)19-31(38)34(42)43/h4-16,24,29-31H,17-22H2,1-3H3,(H,42,43)/t24-,29+,30+,31+/m0/s1. The molecule has 0 spiro atoms. The van der Waals surface area contributed by atoms with Crippen LogP contribution in [-0.2, 0) is 44.9 Å². The molecule has 3 aromatic carbocycles. The Balaban J connectivity index is 1.33. The smallest absolute Gasteiger partial charge is 0.415 e. The Bertz CT molecular complexity index is 1620. The van der Waals surface area contributed by atoms with Gasteiger partial charge in [-0.25, -0.2) is 9.59 Å². The summed E-state index contributed by atoms with van der Waals surface area (Å²) in [6, 6.07) is 22.1. The number of benzene rings is 3. The molecule has 0 aliphatic carbocycles. The number of para-hydroxylation sites is 1. The molecule has 1 fully saturated rings. The highest BCUT2D eigenvalue weighted by Gasteiger charge is 2.49. The number of hydrogen-bond acceptors (Lipinski definition) is 5. The highest BCUT2D eigenvalue weighted by molar-refractivity contribution is 6.02. The predicted octanol–water partition coefficient (Wildman–Crippen LogP) is 4.85. The molecule has 1 saturated heterocycles. The van der Waals surface area contributed by atoms with Gasteiger partial charge in [-0.3, -0.25) is 14.5 Å². The molecule has 3 aromatic rings. The Morgan fingerprint density at radius 3 is 2.04 bits per heavy atom. The molecule has 1 N–H and O–H groups in total. The molecular formula is C36H39N3O6. The maximum Gasteiger partial charge on any atom is 0.415 e. The van der Waals surface area contributed by atoms with Crippen molar-refractivity contribution in [1.82, 2.24) is 9.80 Å². The van der Waals surface area contributed by atoms with E-state index in [0.717, 1.165) is 22.3 Å². The van der Waals surface area contributed by atoms with E-state index in [9.17, 15) is 24.3 Å². The van der Waals surface area contributed by atoms with Gasteiger partial charge in [0.25, 0.3) is 0 Å². The summed E-state index contributed by atoms with van der Waals surface area (Å²) >= 11 is 0. The normalized spacial score (nSPS) is 22.5. The maximum atomic E-state index is 14.6. The topological polar surface area (TPSA) is 107 Å². The number of carboxylic acids is 1. The first-order chi connectivity index (χ1) is 21.5. The first-order valence-electron chi connectivity index (χ1n) is 15.5. The fourth-order valence-electron chi connectivity index (χ4n) is 6.97. The van der Waals surface area contributed by atoms with Crippen molar-refractivity contribution in [2.24, 2.45) is 5.92 Å². The number of amides is 3. The number of nitrogens with zero attached hydrogens (tertiary/aromatic N) is 3. The average Bonchev–Trinajstić information content (AvgIpc) is 3.61. The summed E-state index contributed by atoms with van der Waals surface area (Å²) in [4.78, 5) is 59.5. The van der Waals surface area contributed by atoms with Gasteiger partial charge in [0.2, 0.25) is 11.8 Å². The van der Waals surface area contributed by atoms with Crippen molar-refractivity contribution in [1.29, 1.82) is 0 Å². The van der Waals surface area contributed by atoms with Gasteiger partial charge in [-0.1, -0.05) is 72.8 Å². The van der Waals surface area contributed by atoms with Crippen LogP contribution in [0.25, 0.3) is 0 Å². The predicted molar refractivity (Wildman–Crippen MR) is 169 cm³/mol. The van der Waals surface area contributed by atoms with Crippen LogP contribution in [0.3, 0.4) is 0 Å². The number of rotatable bonds is 5. The van der Waals surface area contributed by atoms with Crippen molar-refractivity contribution in [2.45, 2.75) is 76.7 Å². The zero-order valence-corrected chi connectivity index (χ0v) is 25.9. The van der Waals surface area contributed by atoms with Crippen molar-refractivity contribution in [2.75, 3.05) is 11.4 Å². The number of ether oxygens (including phenoxy) is 1. The molecule has 45 heavy (non-hydrogen) atoms. The van der Waals surface area contributed by atoms with Crippen molar-refractivity contribution in [3.05, 3.63) is 101 Å². The Hall–Kier alpha value is -4.66. The maximum absolute atomic E-state index is 14.6. The highest BCUT2D eigenvalue weighted by atomic mass is 16.6. The zero-order chi connectivity index (χ0) is 31.9. The number of carbonyl (C=O) groups excluding carboxylic acids is 3. The van der Waals surface area contributed by atoms with Crippen LogP contribution in [0.5, 0.6) is 0 Å². The fraction of sp³-hybridized carbons (Fsp3) is 0.389. The second-order valence-electron chi connectivity index (χ2n) is 13.3. The Morgan fingerprint density at radius 1 is 0.756 bits per heavy atom. The second-order valence-corrected chi connectivity index (χ2v) is 13.3. The first-order valence-corrected chi connectivity index (χ1v) is 15.5. The molecule has 3 amide bonds. The van der Waals surface area contributed by atoms with E-state index >= 15 is 0 Å². The molecule has 9 nitrogen and oxygen atoms in total. The molecule has 0 radical (unpaired) electrons. The van der Waals surface area contributed by atoms with Crippen LogP contribution in [0.15, 0.2) is 78.9 Å². The van der Waals surface area contributed by atoms with Gasteiger partial charge in [0.1, 0.15) is 23.7 Å². The number of hydrogen-bond donors (Lipinski definition) is 1. The quantitative estimate of drug-likeness (QED) is 0.443. The fourth-order valence-corrected chi connectivity index (χ4v) is 6.97.